The van der Waals surface area contributed by atoms with E-state index in [2.05, 4.69) is 20.5 Å². The normalized spacial score (nSPS) is 13.3. The number of benzene rings is 2. The number of rotatable bonds is 8. The first-order valence-corrected chi connectivity index (χ1v) is 9.89. The Labute approximate surface area is 178 Å². The summed E-state index contributed by atoms with van der Waals surface area (Å²) in [6.07, 6.45) is 3.80. The molecule has 1 heterocycles. The van der Waals surface area contributed by atoms with E-state index in [0.29, 0.717) is 29.2 Å². The van der Waals surface area contributed by atoms with Crippen molar-refractivity contribution in [1.29, 1.82) is 5.26 Å². The number of hydrogen-bond acceptors (Lipinski definition) is 6. The Morgan fingerprint density at radius 1 is 1.29 bits per heavy atom. The summed E-state index contributed by atoms with van der Waals surface area (Å²) >= 11 is 0. The highest BCUT2D eigenvalue weighted by molar-refractivity contribution is 5.80. The van der Waals surface area contributed by atoms with E-state index in [1.165, 1.54) is 25.1 Å². The van der Waals surface area contributed by atoms with E-state index in [0.717, 1.165) is 0 Å². The average Bonchev–Trinajstić information content (AvgIpc) is 3.60. The number of aromatic amines is 1. The standard InChI is InChI=1S/C23H20FN5O2/c24-20-10-16(8-9-18(20)14-31-13-15-6-7-15)12-26-29-23-27-21(17-4-2-1-3-5-17)19(11-25)22(30)28-23/h1-5,8-10,12,15H,6-7,13-14H2,(H2,27,28,29,30). The van der Waals surface area contributed by atoms with Crippen molar-refractivity contribution < 1.29 is 9.13 Å². The minimum atomic E-state index is -0.573. The molecule has 2 N–H and O–H groups in total. The lowest BCUT2D eigenvalue weighted by Crippen LogP contribution is -2.16. The van der Waals surface area contributed by atoms with Crippen molar-refractivity contribution in [3.8, 4) is 17.3 Å². The van der Waals surface area contributed by atoms with Crippen LogP contribution in [0.2, 0.25) is 0 Å². The molecule has 0 aliphatic heterocycles. The van der Waals surface area contributed by atoms with Gasteiger partial charge in [-0.2, -0.15) is 10.4 Å². The van der Waals surface area contributed by atoms with Crippen LogP contribution >= 0.6 is 0 Å². The number of anilines is 1. The second-order valence-corrected chi connectivity index (χ2v) is 7.30. The largest absolute Gasteiger partial charge is 0.376 e. The first-order chi connectivity index (χ1) is 15.1. The van der Waals surface area contributed by atoms with E-state index in [4.69, 9.17) is 4.74 Å². The van der Waals surface area contributed by atoms with Gasteiger partial charge in [0.1, 0.15) is 17.4 Å². The predicted octanol–water partition coefficient (Wildman–Crippen LogP) is 3.82. The number of hydrogen-bond donors (Lipinski definition) is 2. The molecule has 1 aromatic heterocycles. The van der Waals surface area contributed by atoms with E-state index in [1.807, 2.05) is 12.1 Å². The van der Waals surface area contributed by atoms with Gasteiger partial charge in [-0.25, -0.2) is 14.8 Å². The van der Waals surface area contributed by atoms with Crippen molar-refractivity contribution >= 4 is 12.2 Å². The number of nitriles is 1. The molecule has 0 saturated heterocycles. The zero-order chi connectivity index (χ0) is 21.6. The minimum Gasteiger partial charge on any atom is -0.376 e. The van der Waals surface area contributed by atoms with Crippen LogP contribution in [0.25, 0.3) is 11.3 Å². The molecule has 4 rings (SSSR count). The van der Waals surface area contributed by atoms with Gasteiger partial charge in [-0.1, -0.05) is 42.5 Å². The van der Waals surface area contributed by atoms with Gasteiger partial charge < -0.3 is 4.74 Å². The highest BCUT2D eigenvalue weighted by Crippen LogP contribution is 2.29. The Hall–Kier alpha value is -3.83. The van der Waals surface area contributed by atoms with Crippen LogP contribution in [0.4, 0.5) is 10.3 Å². The summed E-state index contributed by atoms with van der Waals surface area (Å²) < 4.78 is 19.8. The van der Waals surface area contributed by atoms with Gasteiger partial charge in [-0.15, -0.1) is 0 Å². The third-order valence-electron chi connectivity index (χ3n) is 4.85. The van der Waals surface area contributed by atoms with Crippen LogP contribution in [-0.4, -0.2) is 22.8 Å². The Bertz CT molecular complexity index is 1200. The highest BCUT2D eigenvalue weighted by Gasteiger charge is 2.21. The second-order valence-electron chi connectivity index (χ2n) is 7.30. The first kappa shape index (κ1) is 20.4. The van der Waals surface area contributed by atoms with E-state index in [-0.39, 0.29) is 29.6 Å². The zero-order valence-electron chi connectivity index (χ0n) is 16.6. The summed E-state index contributed by atoms with van der Waals surface area (Å²) in [4.78, 5) is 19.0. The van der Waals surface area contributed by atoms with Crippen LogP contribution in [0.5, 0.6) is 0 Å². The fourth-order valence-corrected chi connectivity index (χ4v) is 2.98. The molecule has 31 heavy (non-hydrogen) atoms. The molecule has 7 nitrogen and oxygen atoms in total. The van der Waals surface area contributed by atoms with Gasteiger partial charge in [-0.3, -0.25) is 9.78 Å². The Balaban J connectivity index is 1.46. The van der Waals surface area contributed by atoms with Gasteiger partial charge in [-0.05, 0) is 30.4 Å². The van der Waals surface area contributed by atoms with E-state index >= 15 is 0 Å². The molecule has 1 aliphatic carbocycles. The fraction of sp³-hybridized carbons (Fsp3) is 0.217. The monoisotopic (exact) mass is 417 g/mol. The molecular formula is C23H20FN5O2. The number of ether oxygens (including phenoxy) is 1. The molecule has 3 aromatic rings. The summed E-state index contributed by atoms with van der Waals surface area (Å²) in [5.74, 6) is 0.339. The summed E-state index contributed by atoms with van der Waals surface area (Å²) in [5, 5.41) is 13.3. The number of halogens is 1. The summed E-state index contributed by atoms with van der Waals surface area (Å²) in [6.45, 7) is 0.921. The molecular weight excluding hydrogens is 397 g/mol. The van der Waals surface area contributed by atoms with Crippen molar-refractivity contribution in [3.63, 3.8) is 0 Å². The molecule has 8 heteroatoms. The van der Waals surface area contributed by atoms with Crippen LogP contribution in [0.15, 0.2) is 58.4 Å². The number of H-pyrrole nitrogens is 1. The fourth-order valence-electron chi connectivity index (χ4n) is 2.98. The summed E-state index contributed by atoms with van der Waals surface area (Å²) in [6, 6.07) is 15.6. The van der Waals surface area contributed by atoms with Crippen LogP contribution < -0.4 is 11.0 Å². The SMILES string of the molecule is N#Cc1c(-c2ccccc2)nc(NN=Cc2ccc(COCC3CC3)c(F)c2)[nH]c1=O. The molecule has 0 bridgehead atoms. The van der Waals surface area contributed by atoms with Crippen LogP contribution in [0.1, 0.15) is 29.5 Å². The van der Waals surface area contributed by atoms with Gasteiger partial charge in [0.2, 0.25) is 5.95 Å². The maximum atomic E-state index is 14.3. The number of nitrogens with one attached hydrogen (secondary N) is 2. The number of nitrogens with zero attached hydrogens (tertiary/aromatic N) is 3. The van der Waals surface area contributed by atoms with Crippen molar-refractivity contribution in [2.24, 2.45) is 11.0 Å². The molecule has 0 atom stereocenters. The summed E-state index contributed by atoms with van der Waals surface area (Å²) in [7, 11) is 0. The molecule has 1 saturated carbocycles. The van der Waals surface area contributed by atoms with Gasteiger partial charge in [0.15, 0.2) is 0 Å². The molecule has 156 valence electrons. The highest BCUT2D eigenvalue weighted by atomic mass is 19.1. The van der Waals surface area contributed by atoms with Crippen LogP contribution in [0.3, 0.4) is 0 Å². The quantitative estimate of drug-likeness (QED) is 0.428. The Morgan fingerprint density at radius 2 is 2.10 bits per heavy atom. The van der Waals surface area contributed by atoms with E-state index in [1.54, 1.807) is 36.4 Å². The minimum absolute atomic E-state index is 0.0738. The molecule has 0 amide bonds. The predicted molar refractivity (Wildman–Crippen MR) is 115 cm³/mol. The van der Waals surface area contributed by atoms with Crippen molar-refractivity contribution in [2.45, 2.75) is 19.4 Å². The van der Waals surface area contributed by atoms with Gasteiger partial charge >= 0.3 is 0 Å². The Morgan fingerprint density at radius 3 is 2.81 bits per heavy atom. The van der Waals surface area contributed by atoms with E-state index in [9.17, 15) is 14.4 Å². The zero-order valence-corrected chi connectivity index (χ0v) is 16.6. The molecule has 0 unspecified atom stereocenters. The van der Waals surface area contributed by atoms with Crippen LogP contribution in [0, 0.1) is 23.1 Å². The molecule has 0 spiro atoms. The topological polar surface area (TPSA) is 103 Å². The maximum absolute atomic E-state index is 14.3. The van der Waals surface area contributed by atoms with Crippen molar-refractivity contribution in [2.75, 3.05) is 12.0 Å². The van der Waals surface area contributed by atoms with Crippen molar-refractivity contribution in [3.05, 3.63) is 81.4 Å². The van der Waals surface area contributed by atoms with Crippen molar-refractivity contribution in [1.82, 2.24) is 9.97 Å². The lowest BCUT2D eigenvalue weighted by Gasteiger charge is -2.06. The second kappa shape index (κ2) is 9.32. The van der Waals surface area contributed by atoms with Gasteiger partial charge in [0.05, 0.1) is 18.5 Å². The molecule has 1 aliphatic rings. The van der Waals surface area contributed by atoms with Crippen LogP contribution in [-0.2, 0) is 11.3 Å². The average molecular weight is 417 g/mol. The molecule has 0 radical (unpaired) electrons. The summed E-state index contributed by atoms with van der Waals surface area (Å²) in [5.41, 5.74) is 3.90. The first-order valence-electron chi connectivity index (χ1n) is 9.89. The molecule has 2 aromatic carbocycles. The Kier molecular flexibility index (Phi) is 6.15. The number of aromatic nitrogens is 2. The lowest BCUT2D eigenvalue weighted by atomic mass is 10.1. The third-order valence-corrected chi connectivity index (χ3v) is 4.85. The van der Waals surface area contributed by atoms with Gasteiger partial charge in [0, 0.05) is 17.7 Å². The van der Waals surface area contributed by atoms with Gasteiger partial charge in [0.25, 0.3) is 5.56 Å². The third kappa shape index (κ3) is 5.21. The lowest BCUT2D eigenvalue weighted by molar-refractivity contribution is 0.109. The molecule has 1 fully saturated rings. The number of hydrazone groups is 1. The van der Waals surface area contributed by atoms with E-state index < -0.39 is 5.56 Å². The maximum Gasteiger partial charge on any atom is 0.270 e. The smallest absolute Gasteiger partial charge is 0.270 e.